The van der Waals surface area contributed by atoms with Crippen molar-refractivity contribution in [2.24, 2.45) is 0 Å². The van der Waals surface area contributed by atoms with Crippen molar-refractivity contribution in [2.45, 2.75) is 25.5 Å². The molecule has 8 heteroatoms. The first-order valence-electron chi connectivity index (χ1n) is 9.72. The van der Waals surface area contributed by atoms with Crippen LogP contribution in [-0.4, -0.2) is 45.4 Å². The number of aromatic nitrogens is 4. The molecule has 0 bridgehead atoms. The predicted octanol–water partition coefficient (Wildman–Crippen LogP) is 2.95. The SMILES string of the molecule is Cc1[nH]cnc1CSCCNc1ncc(CCOCCc2ccccc2)c(=O)[nH]1. The van der Waals surface area contributed by atoms with Crippen molar-refractivity contribution >= 4 is 17.7 Å². The average Bonchev–Trinajstić information content (AvgIpc) is 3.14. The number of nitrogens with zero attached hydrogens (tertiary/aromatic N) is 2. The van der Waals surface area contributed by atoms with Crippen LogP contribution in [0.2, 0.25) is 0 Å². The number of hydrogen-bond donors (Lipinski definition) is 3. The van der Waals surface area contributed by atoms with Crippen molar-refractivity contribution in [3.63, 3.8) is 0 Å². The van der Waals surface area contributed by atoms with Gasteiger partial charge in [0.1, 0.15) is 0 Å². The van der Waals surface area contributed by atoms with Gasteiger partial charge in [-0.15, -0.1) is 0 Å². The molecule has 0 spiro atoms. The molecular weight excluding hydrogens is 386 g/mol. The van der Waals surface area contributed by atoms with E-state index in [0.29, 0.717) is 31.1 Å². The standard InChI is InChI=1S/C21H27N5O2S/c1-16-19(25-15-24-16)14-29-12-9-22-21-23-13-18(20(27)26-21)8-11-28-10-7-17-5-3-2-4-6-17/h2-6,13,15H,7-12,14H2,1H3,(H,24,25)(H2,22,23,26,27). The number of rotatable bonds is 12. The Morgan fingerprint density at radius 1 is 1.14 bits per heavy atom. The first-order chi connectivity index (χ1) is 14.2. The van der Waals surface area contributed by atoms with Crippen LogP contribution < -0.4 is 10.9 Å². The number of ether oxygens (including phenoxy) is 1. The Morgan fingerprint density at radius 2 is 1.97 bits per heavy atom. The fourth-order valence-corrected chi connectivity index (χ4v) is 3.63. The van der Waals surface area contributed by atoms with E-state index in [0.717, 1.165) is 35.9 Å². The van der Waals surface area contributed by atoms with E-state index in [4.69, 9.17) is 4.74 Å². The summed E-state index contributed by atoms with van der Waals surface area (Å²) in [5.74, 6) is 2.26. The van der Waals surface area contributed by atoms with E-state index in [2.05, 4.69) is 37.4 Å². The Balaban J connectivity index is 1.32. The summed E-state index contributed by atoms with van der Waals surface area (Å²) < 4.78 is 5.65. The van der Waals surface area contributed by atoms with Gasteiger partial charge < -0.3 is 15.0 Å². The van der Waals surface area contributed by atoms with Gasteiger partial charge in [0.05, 0.1) is 25.2 Å². The van der Waals surface area contributed by atoms with Crippen molar-refractivity contribution in [3.05, 3.63) is 75.7 Å². The number of thioether (sulfide) groups is 1. The summed E-state index contributed by atoms with van der Waals surface area (Å²) in [6.07, 6.45) is 4.77. The molecule has 2 aromatic heterocycles. The highest BCUT2D eigenvalue weighted by molar-refractivity contribution is 7.98. The Kier molecular flexibility index (Phi) is 8.33. The number of aromatic amines is 2. The van der Waals surface area contributed by atoms with Gasteiger partial charge in [0.25, 0.3) is 5.56 Å². The van der Waals surface area contributed by atoms with E-state index in [1.54, 1.807) is 24.3 Å². The molecule has 0 aliphatic carbocycles. The van der Waals surface area contributed by atoms with Crippen LogP contribution in [-0.2, 0) is 23.3 Å². The first-order valence-corrected chi connectivity index (χ1v) is 10.9. The van der Waals surface area contributed by atoms with Crippen LogP contribution in [0.3, 0.4) is 0 Å². The first kappa shape index (κ1) is 21.1. The number of nitrogens with one attached hydrogen (secondary N) is 3. The van der Waals surface area contributed by atoms with E-state index in [9.17, 15) is 4.79 Å². The van der Waals surface area contributed by atoms with E-state index in [-0.39, 0.29) is 5.56 Å². The molecule has 0 unspecified atom stereocenters. The van der Waals surface area contributed by atoms with Crippen molar-refractivity contribution in [3.8, 4) is 0 Å². The maximum atomic E-state index is 12.2. The topological polar surface area (TPSA) is 95.7 Å². The zero-order valence-electron chi connectivity index (χ0n) is 16.6. The molecule has 0 saturated carbocycles. The largest absolute Gasteiger partial charge is 0.381 e. The van der Waals surface area contributed by atoms with Gasteiger partial charge in [-0.3, -0.25) is 9.78 Å². The zero-order chi connectivity index (χ0) is 20.3. The van der Waals surface area contributed by atoms with Gasteiger partial charge in [0, 0.05) is 41.9 Å². The Bertz CT molecular complexity index is 926. The van der Waals surface area contributed by atoms with Gasteiger partial charge >= 0.3 is 0 Å². The minimum Gasteiger partial charge on any atom is -0.381 e. The molecule has 0 fully saturated rings. The molecule has 0 amide bonds. The number of anilines is 1. The van der Waals surface area contributed by atoms with Crippen LogP contribution in [0.4, 0.5) is 5.95 Å². The summed E-state index contributed by atoms with van der Waals surface area (Å²) in [6.45, 7) is 3.89. The second kappa shape index (κ2) is 11.4. The fourth-order valence-electron chi connectivity index (χ4n) is 2.75. The zero-order valence-corrected chi connectivity index (χ0v) is 17.4. The molecule has 7 nitrogen and oxygen atoms in total. The molecular formula is C21H27N5O2S. The lowest BCUT2D eigenvalue weighted by atomic mass is 10.2. The average molecular weight is 414 g/mol. The number of imidazole rings is 1. The predicted molar refractivity (Wildman–Crippen MR) is 118 cm³/mol. The highest BCUT2D eigenvalue weighted by Gasteiger charge is 2.04. The molecule has 0 aliphatic rings. The normalized spacial score (nSPS) is 10.9. The smallest absolute Gasteiger partial charge is 0.255 e. The molecule has 3 aromatic rings. The van der Waals surface area contributed by atoms with Crippen molar-refractivity contribution in [2.75, 3.05) is 30.8 Å². The number of aryl methyl sites for hydroxylation is 1. The third kappa shape index (κ3) is 7.07. The molecule has 0 aliphatic heterocycles. The summed E-state index contributed by atoms with van der Waals surface area (Å²) in [7, 11) is 0. The molecule has 0 radical (unpaired) electrons. The maximum Gasteiger partial charge on any atom is 0.255 e. The molecule has 3 N–H and O–H groups in total. The Morgan fingerprint density at radius 3 is 2.72 bits per heavy atom. The van der Waals surface area contributed by atoms with E-state index in [1.807, 2.05) is 25.1 Å². The summed E-state index contributed by atoms with van der Waals surface area (Å²) in [5.41, 5.74) is 3.96. The number of hydrogen-bond acceptors (Lipinski definition) is 6. The van der Waals surface area contributed by atoms with E-state index >= 15 is 0 Å². The monoisotopic (exact) mass is 413 g/mol. The van der Waals surface area contributed by atoms with Gasteiger partial charge in [-0.25, -0.2) is 9.97 Å². The van der Waals surface area contributed by atoms with Gasteiger partial charge in [-0.05, 0) is 18.9 Å². The van der Waals surface area contributed by atoms with Crippen LogP contribution in [0, 0.1) is 6.92 Å². The summed E-state index contributed by atoms with van der Waals surface area (Å²) in [4.78, 5) is 26.6. The molecule has 29 heavy (non-hydrogen) atoms. The second-order valence-electron chi connectivity index (χ2n) is 6.64. The lowest BCUT2D eigenvalue weighted by Gasteiger charge is -2.07. The van der Waals surface area contributed by atoms with Crippen molar-refractivity contribution in [1.29, 1.82) is 0 Å². The fraction of sp³-hybridized carbons (Fsp3) is 0.381. The summed E-state index contributed by atoms with van der Waals surface area (Å²) in [5, 5.41) is 3.16. The van der Waals surface area contributed by atoms with Gasteiger partial charge in [0.15, 0.2) is 0 Å². The molecule has 3 rings (SSSR count). The van der Waals surface area contributed by atoms with E-state index < -0.39 is 0 Å². The molecule has 2 heterocycles. The second-order valence-corrected chi connectivity index (χ2v) is 7.74. The minimum atomic E-state index is -0.117. The summed E-state index contributed by atoms with van der Waals surface area (Å²) >= 11 is 1.78. The highest BCUT2D eigenvalue weighted by Crippen LogP contribution is 2.12. The lowest BCUT2D eigenvalue weighted by Crippen LogP contribution is -2.19. The van der Waals surface area contributed by atoms with Gasteiger partial charge in [0.2, 0.25) is 5.95 Å². The van der Waals surface area contributed by atoms with Crippen LogP contribution in [0.15, 0.2) is 47.7 Å². The third-order valence-corrected chi connectivity index (χ3v) is 5.45. The van der Waals surface area contributed by atoms with Crippen molar-refractivity contribution in [1.82, 2.24) is 19.9 Å². The summed E-state index contributed by atoms with van der Waals surface area (Å²) in [6, 6.07) is 10.2. The number of H-pyrrole nitrogens is 2. The molecule has 0 atom stereocenters. The van der Waals surface area contributed by atoms with Gasteiger partial charge in [-0.2, -0.15) is 11.8 Å². The van der Waals surface area contributed by atoms with Gasteiger partial charge in [-0.1, -0.05) is 30.3 Å². The maximum absolute atomic E-state index is 12.2. The number of benzene rings is 1. The molecule has 154 valence electrons. The Hall–Kier alpha value is -2.58. The van der Waals surface area contributed by atoms with Crippen LogP contribution >= 0.6 is 11.8 Å². The van der Waals surface area contributed by atoms with Crippen LogP contribution in [0.1, 0.15) is 22.5 Å². The Labute approximate surface area is 174 Å². The highest BCUT2D eigenvalue weighted by atomic mass is 32.2. The van der Waals surface area contributed by atoms with E-state index in [1.165, 1.54) is 5.56 Å². The minimum absolute atomic E-state index is 0.117. The quantitative estimate of drug-likeness (QED) is 0.395. The van der Waals surface area contributed by atoms with Crippen molar-refractivity contribution < 1.29 is 4.74 Å². The lowest BCUT2D eigenvalue weighted by molar-refractivity contribution is 0.140. The third-order valence-electron chi connectivity index (χ3n) is 4.48. The van der Waals surface area contributed by atoms with Crippen LogP contribution in [0.5, 0.6) is 0 Å². The molecule has 1 aromatic carbocycles. The van der Waals surface area contributed by atoms with Crippen LogP contribution in [0.25, 0.3) is 0 Å². The molecule has 0 saturated heterocycles.